The summed E-state index contributed by atoms with van der Waals surface area (Å²) in [5.74, 6) is 1.14. The molecular formula is C12H18BrNS. The zero-order chi connectivity index (χ0) is 11.3. The van der Waals surface area contributed by atoms with Crippen LogP contribution >= 0.6 is 27.7 Å². The quantitative estimate of drug-likeness (QED) is 0.824. The number of hydrogen-bond donors (Lipinski definition) is 1. The van der Waals surface area contributed by atoms with Crippen molar-refractivity contribution in [2.24, 2.45) is 0 Å². The topological polar surface area (TPSA) is 12.0 Å². The second-order valence-electron chi connectivity index (χ2n) is 4.39. The lowest BCUT2D eigenvalue weighted by atomic mass is 10.3. The summed E-state index contributed by atoms with van der Waals surface area (Å²) >= 11 is 5.41. The molecule has 0 aliphatic rings. The van der Waals surface area contributed by atoms with Gasteiger partial charge in [0.1, 0.15) is 0 Å². The maximum Gasteiger partial charge on any atom is 0.0341 e. The van der Waals surface area contributed by atoms with Crippen molar-refractivity contribution < 1.29 is 0 Å². The molecule has 15 heavy (non-hydrogen) atoms. The number of anilines is 1. The van der Waals surface area contributed by atoms with Crippen LogP contribution in [-0.4, -0.2) is 17.0 Å². The molecule has 0 heterocycles. The van der Waals surface area contributed by atoms with Crippen molar-refractivity contribution in [1.29, 1.82) is 0 Å². The van der Waals surface area contributed by atoms with E-state index in [1.165, 1.54) is 5.69 Å². The second-order valence-corrected chi connectivity index (χ2v) is 7.23. The van der Waals surface area contributed by atoms with E-state index in [4.69, 9.17) is 0 Å². The van der Waals surface area contributed by atoms with Gasteiger partial charge < -0.3 is 5.32 Å². The van der Waals surface area contributed by atoms with Gasteiger partial charge in [-0.15, -0.1) is 0 Å². The van der Waals surface area contributed by atoms with Crippen LogP contribution in [-0.2, 0) is 0 Å². The third-order valence-electron chi connectivity index (χ3n) is 1.81. The van der Waals surface area contributed by atoms with E-state index in [2.05, 4.69) is 66.3 Å². The van der Waals surface area contributed by atoms with Crippen molar-refractivity contribution in [2.75, 3.05) is 17.6 Å². The molecule has 0 saturated carbocycles. The average Bonchev–Trinajstić information content (AvgIpc) is 2.14. The van der Waals surface area contributed by atoms with Crippen LogP contribution in [0.1, 0.15) is 20.8 Å². The molecule has 1 rings (SSSR count). The number of halogens is 1. The normalized spacial score (nSPS) is 11.5. The number of benzene rings is 1. The Labute approximate surface area is 105 Å². The van der Waals surface area contributed by atoms with Crippen molar-refractivity contribution in [3.8, 4) is 0 Å². The molecule has 0 aliphatic carbocycles. The molecule has 84 valence electrons. The van der Waals surface area contributed by atoms with Gasteiger partial charge in [-0.05, 0) is 24.3 Å². The molecule has 0 aliphatic heterocycles. The minimum atomic E-state index is 0.362. The van der Waals surface area contributed by atoms with Crippen LogP contribution in [0.5, 0.6) is 0 Å². The second kappa shape index (κ2) is 5.80. The summed E-state index contributed by atoms with van der Waals surface area (Å²) in [6.07, 6.45) is 0. The minimum absolute atomic E-state index is 0.362. The Balaban J connectivity index is 2.23. The summed E-state index contributed by atoms with van der Waals surface area (Å²) in [5, 5.41) is 3.40. The van der Waals surface area contributed by atoms with Gasteiger partial charge in [0.25, 0.3) is 0 Å². The van der Waals surface area contributed by atoms with Crippen LogP contribution in [0.3, 0.4) is 0 Å². The highest BCUT2D eigenvalue weighted by Crippen LogP contribution is 2.22. The molecule has 1 aromatic rings. The van der Waals surface area contributed by atoms with Gasteiger partial charge in [0.2, 0.25) is 0 Å². The largest absolute Gasteiger partial charge is 0.384 e. The maximum atomic E-state index is 3.42. The van der Waals surface area contributed by atoms with Gasteiger partial charge in [-0.1, -0.05) is 36.7 Å². The van der Waals surface area contributed by atoms with Gasteiger partial charge in [-0.3, -0.25) is 0 Å². The predicted octanol–water partition coefficient (Wildman–Crippen LogP) is 4.39. The molecule has 0 aromatic heterocycles. The maximum absolute atomic E-state index is 3.42. The van der Waals surface area contributed by atoms with Crippen LogP contribution in [0.2, 0.25) is 0 Å². The van der Waals surface area contributed by atoms with Crippen molar-refractivity contribution in [2.45, 2.75) is 25.5 Å². The molecule has 0 bridgehead atoms. The van der Waals surface area contributed by atoms with Crippen molar-refractivity contribution in [3.63, 3.8) is 0 Å². The van der Waals surface area contributed by atoms with Gasteiger partial charge in [0.15, 0.2) is 0 Å². The van der Waals surface area contributed by atoms with Crippen LogP contribution < -0.4 is 5.32 Å². The van der Waals surface area contributed by atoms with Crippen molar-refractivity contribution in [1.82, 2.24) is 0 Å². The fraction of sp³-hybridized carbons (Fsp3) is 0.500. The van der Waals surface area contributed by atoms with Crippen LogP contribution in [0.15, 0.2) is 28.7 Å². The standard InChI is InChI=1S/C12H18BrNS/c1-12(2,3)15-9-8-14-11-6-4-10(13)5-7-11/h4-7,14H,8-9H2,1-3H3. The molecule has 0 saturated heterocycles. The van der Waals surface area contributed by atoms with E-state index in [1.807, 2.05) is 11.8 Å². The SMILES string of the molecule is CC(C)(C)SCCNc1ccc(Br)cc1. The number of thioether (sulfide) groups is 1. The van der Waals surface area contributed by atoms with Crippen molar-refractivity contribution in [3.05, 3.63) is 28.7 Å². The van der Waals surface area contributed by atoms with Crippen molar-refractivity contribution >= 4 is 33.4 Å². The minimum Gasteiger partial charge on any atom is -0.384 e. The first kappa shape index (κ1) is 12.9. The molecule has 0 spiro atoms. The zero-order valence-corrected chi connectivity index (χ0v) is 11.9. The molecule has 1 nitrogen and oxygen atoms in total. The third-order valence-corrected chi connectivity index (χ3v) is 3.61. The fourth-order valence-corrected chi connectivity index (χ4v) is 2.20. The Morgan fingerprint density at radius 1 is 1.20 bits per heavy atom. The summed E-state index contributed by atoms with van der Waals surface area (Å²) < 4.78 is 1.48. The highest BCUT2D eigenvalue weighted by molar-refractivity contribution is 9.10. The van der Waals surface area contributed by atoms with E-state index in [0.29, 0.717) is 4.75 Å². The molecule has 0 radical (unpaired) electrons. The molecule has 3 heteroatoms. The highest BCUT2D eigenvalue weighted by Gasteiger charge is 2.08. The van der Waals surface area contributed by atoms with Gasteiger partial charge in [0.05, 0.1) is 0 Å². The zero-order valence-electron chi connectivity index (χ0n) is 9.51. The van der Waals surface area contributed by atoms with Crippen LogP contribution in [0.25, 0.3) is 0 Å². The molecule has 0 unspecified atom stereocenters. The van der Waals surface area contributed by atoms with Crippen LogP contribution in [0, 0.1) is 0 Å². The Morgan fingerprint density at radius 3 is 2.33 bits per heavy atom. The van der Waals surface area contributed by atoms with E-state index in [0.717, 1.165) is 16.8 Å². The predicted molar refractivity (Wildman–Crippen MR) is 74.8 cm³/mol. The Morgan fingerprint density at radius 2 is 1.80 bits per heavy atom. The first-order chi connectivity index (χ1) is 6.97. The Kier molecular flexibility index (Phi) is 5.00. The van der Waals surface area contributed by atoms with E-state index in [1.54, 1.807) is 0 Å². The molecule has 1 N–H and O–H groups in total. The molecular weight excluding hydrogens is 270 g/mol. The lowest BCUT2D eigenvalue weighted by molar-refractivity contribution is 0.802. The van der Waals surface area contributed by atoms with E-state index < -0.39 is 0 Å². The Bertz CT molecular complexity index is 289. The summed E-state index contributed by atoms with van der Waals surface area (Å²) in [6.45, 7) is 7.76. The van der Waals surface area contributed by atoms with E-state index in [-0.39, 0.29) is 0 Å². The molecule has 0 atom stereocenters. The summed E-state index contributed by atoms with van der Waals surface area (Å²) in [7, 11) is 0. The Hall–Kier alpha value is -0.150. The monoisotopic (exact) mass is 287 g/mol. The number of nitrogens with one attached hydrogen (secondary N) is 1. The number of rotatable bonds is 4. The summed E-state index contributed by atoms with van der Waals surface area (Å²) in [6, 6.07) is 8.29. The third kappa shape index (κ3) is 6.10. The molecule has 0 fully saturated rings. The van der Waals surface area contributed by atoms with Gasteiger partial charge in [-0.2, -0.15) is 11.8 Å². The van der Waals surface area contributed by atoms with Crippen LogP contribution in [0.4, 0.5) is 5.69 Å². The number of hydrogen-bond acceptors (Lipinski definition) is 2. The van der Waals surface area contributed by atoms with Gasteiger partial charge >= 0.3 is 0 Å². The first-order valence-electron chi connectivity index (χ1n) is 5.11. The molecule has 0 amide bonds. The van der Waals surface area contributed by atoms with Gasteiger partial charge in [-0.25, -0.2) is 0 Å². The summed E-state index contributed by atoms with van der Waals surface area (Å²) in [5.41, 5.74) is 1.19. The lowest BCUT2D eigenvalue weighted by Crippen LogP contribution is -2.12. The fourth-order valence-electron chi connectivity index (χ4n) is 1.12. The van der Waals surface area contributed by atoms with E-state index >= 15 is 0 Å². The summed E-state index contributed by atoms with van der Waals surface area (Å²) in [4.78, 5) is 0. The average molecular weight is 288 g/mol. The highest BCUT2D eigenvalue weighted by atomic mass is 79.9. The van der Waals surface area contributed by atoms with Gasteiger partial charge in [0, 0.05) is 27.2 Å². The smallest absolute Gasteiger partial charge is 0.0341 e. The lowest BCUT2D eigenvalue weighted by Gasteiger charge is -2.17. The molecule has 1 aromatic carbocycles. The van der Waals surface area contributed by atoms with E-state index in [9.17, 15) is 0 Å². The first-order valence-corrected chi connectivity index (χ1v) is 6.89.